The average Bonchev–Trinajstić information content (AvgIpc) is 3.10. The molecule has 1 amide bonds. The number of aromatic nitrogens is 3. The Morgan fingerprint density at radius 1 is 1.08 bits per heavy atom. The SMILES string of the molecule is O=C(Nc1n[nH]c(C(F)(F)F)n1)c1ccccc1COc1ccccc1. The largest absolute Gasteiger partial charge is 0.489 e. The Kier molecular flexibility index (Phi) is 4.87. The molecule has 0 saturated heterocycles. The van der Waals surface area contributed by atoms with Crippen molar-refractivity contribution in [3.63, 3.8) is 0 Å². The highest BCUT2D eigenvalue weighted by molar-refractivity contribution is 6.04. The van der Waals surface area contributed by atoms with E-state index in [9.17, 15) is 18.0 Å². The average molecular weight is 362 g/mol. The van der Waals surface area contributed by atoms with E-state index in [4.69, 9.17) is 4.74 Å². The number of ether oxygens (including phenoxy) is 1. The summed E-state index contributed by atoms with van der Waals surface area (Å²) in [6.45, 7) is 0.120. The van der Waals surface area contributed by atoms with Crippen LogP contribution >= 0.6 is 0 Å². The molecule has 0 bridgehead atoms. The number of aromatic amines is 1. The first-order valence-electron chi connectivity index (χ1n) is 7.50. The van der Waals surface area contributed by atoms with E-state index in [0.717, 1.165) is 0 Å². The summed E-state index contributed by atoms with van der Waals surface area (Å²) in [6, 6.07) is 15.6. The zero-order valence-electron chi connectivity index (χ0n) is 13.2. The van der Waals surface area contributed by atoms with Crippen LogP contribution in [-0.2, 0) is 12.8 Å². The summed E-state index contributed by atoms with van der Waals surface area (Å²) < 4.78 is 43.2. The lowest BCUT2D eigenvalue weighted by Crippen LogP contribution is -2.16. The van der Waals surface area contributed by atoms with Gasteiger partial charge in [-0.05, 0) is 18.2 Å². The fourth-order valence-corrected chi connectivity index (χ4v) is 2.16. The quantitative estimate of drug-likeness (QED) is 0.726. The number of anilines is 1. The smallest absolute Gasteiger partial charge is 0.451 e. The third-order valence-electron chi connectivity index (χ3n) is 3.38. The Hall–Kier alpha value is -3.36. The van der Waals surface area contributed by atoms with Crippen molar-refractivity contribution in [3.05, 3.63) is 71.5 Å². The molecule has 2 aromatic carbocycles. The number of rotatable bonds is 5. The van der Waals surface area contributed by atoms with E-state index in [0.29, 0.717) is 11.3 Å². The molecule has 0 unspecified atom stereocenters. The second-order valence-corrected chi connectivity index (χ2v) is 5.22. The van der Waals surface area contributed by atoms with Crippen molar-refractivity contribution in [1.29, 1.82) is 0 Å². The lowest BCUT2D eigenvalue weighted by molar-refractivity contribution is -0.144. The molecule has 0 spiro atoms. The minimum Gasteiger partial charge on any atom is -0.489 e. The van der Waals surface area contributed by atoms with Gasteiger partial charge in [0, 0.05) is 11.1 Å². The summed E-state index contributed by atoms with van der Waals surface area (Å²) in [5.41, 5.74) is 0.822. The molecular weight excluding hydrogens is 349 g/mol. The number of para-hydroxylation sites is 1. The maximum Gasteiger partial charge on any atom is 0.451 e. The molecule has 3 aromatic rings. The van der Waals surface area contributed by atoms with Gasteiger partial charge in [0.2, 0.25) is 11.8 Å². The summed E-state index contributed by atoms with van der Waals surface area (Å²) in [4.78, 5) is 15.6. The Morgan fingerprint density at radius 3 is 2.46 bits per heavy atom. The number of H-pyrrole nitrogens is 1. The van der Waals surface area contributed by atoms with E-state index < -0.39 is 23.9 Å². The molecule has 1 aromatic heterocycles. The van der Waals surface area contributed by atoms with Crippen LogP contribution in [0.25, 0.3) is 0 Å². The number of carbonyl (C=O) groups is 1. The molecule has 9 heteroatoms. The number of nitrogens with one attached hydrogen (secondary N) is 2. The van der Waals surface area contributed by atoms with Gasteiger partial charge in [-0.25, -0.2) is 0 Å². The monoisotopic (exact) mass is 362 g/mol. The van der Waals surface area contributed by atoms with Crippen LogP contribution in [0, 0.1) is 0 Å². The number of carbonyl (C=O) groups excluding carboxylic acids is 1. The minimum absolute atomic E-state index is 0.120. The fourth-order valence-electron chi connectivity index (χ4n) is 2.16. The van der Waals surface area contributed by atoms with Crippen LogP contribution in [0.15, 0.2) is 54.6 Å². The van der Waals surface area contributed by atoms with Gasteiger partial charge in [-0.2, -0.15) is 18.2 Å². The molecule has 0 saturated carbocycles. The molecule has 0 fully saturated rings. The maximum atomic E-state index is 12.5. The highest BCUT2D eigenvalue weighted by atomic mass is 19.4. The van der Waals surface area contributed by atoms with Crippen LogP contribution in [0.5, 0.6) is 5.75 Å². The van der Waals surface area contributed by atoms with Crippen LogP contribution < -0.4 is 10.1 Å². The molecule has 0 aliphatic carbocycles. The zero-order chi connectivity index (χ0) is 18.6. The van der Waals surface area contributed by atoms with Gasteiger partial charge in [-0.3, -0.25) is 15.2 Å². The third kappa shape index (κ3) is 4.18. The van der Waals surface area contributed by atoms with Crippen LogP contribution in [0.1, 0.15) is 21.7 Å². The Labute approximate surface area is 146 Å². The predicted octanol–water partition coefficient (Wildman–Crippen LogP) is 3.65. The second-order valence-electron chi connectivity index (χ2n) is 5.22. The molecule has 3 rings (SSSR count). The Bertz CT molecular complexity index is 894. The van der Waals surface area contributed by atoms with Crippen LogP contribution in [0.4, 0.5) is 19.1 Å². The first-order chi connectivity index (χ1) is 12.4. The summed E-state index contributed by atoms with van der Waals surface area (Å²) in [5.74, 6) is -1.74. The van der Waals surface area contributed by atoms with E-state index in [2.05, 4.69) is 15.4 Å². The molecule has 26 heavy (non-hydrogen) atoms. The lowest BCUT2D eigenvalue weighted by atomic mass is 10.1. The van der Waals surface area contributed by atoms with E-state index >= 15 is 0 Å². The fraction of sp³-hybridized carbons (Fsp3) is 0.118. The molecule has 0 aliphatic rings. The molecule has 0 radical (unpaired) electrons. The summed E-state index contributed by atoms with van der Waals surface area (Å²) >= 11 is 0. The second kappa shape index (κ2) is 7.26. The highest BCUT2D eigenvalue weighted by Crippen LogP contribution is 2.26. The van der Waals surface area contributed by atoms with Crippen molar-refractivity contribution in [2.45, 2.75) is 12.8 Å². The van der Waals surface area contributed by atoms with E-state index in [-0.39, 0.29) is 12.2 Å². The molecule has 0 atom stereocenters. The van der Waals surface area contributed by atoms with E-state index in [1.54, 1.807) is 35.4 Å². The Balaban J connectivity index is 1.72. The van der Waals surface area contributed by atoms with Crippen molar-refractivity contribution in [2.24, 2.45) is 0 Å². The van der Waals surface area contributed by atoms with Gasteiger partial charge in [-0.1, -0.05) is 36.4 Å². The van der Waals surface area contributed by atoms with Crippen molar-refractivity contribution in [2.75, 3.05) is 5.32 Å². The van der Waals surface area contributed by atoms with Crippen molar-refractivity contribution >= 4 is 11.9 Å². The summed E-state index contributed by atoms with van der Waals surface area (Å²) in [7, 11) is 0. The topological polar surface area (TPSA) is 79.9 Å². The number of alkyl halides is 3. The van der Waals surface area contributed by atoms with Gasteiger partial charge < -0.3 is 4.74 Å². The lowest BCUT2D eigenvalue weighted by Gasteiger charge is -2.10. The Morgan fingerprint density at radius 2 is 1.77 bits per heavy atom. The number of hydrogen-bond acceptors (Lipinski definition) is 4. The van der Waals surface area contributed by atoms with Gasteiger partial charge in [0.05, 0.1) is 0 Å². The minimum atomic E-state index is -4.67. The summed E-state index contributed by atoms with van der Waals surface area (Å²) in [6.07, 6.45) is -4.67. The standard InChI is InChI=1S/C17H13F3N4O2/c18-17(19,20)15-22-16(24-23-15)21-14(25)13-9-5-4-6-11(13)10-26-12-7-2-1-3-8-12/h1-9H,10H2,(H2,21,22,23,24,25). The number of amides is 1. The molecule has 0 aliphatic heterocycles. The first-order valence-corrected chi connectivity index (χ1v) is 7.50. The highest BCUT2D eigenvalue weighted by Gasteiger charge is 2.35. The van der Waals surface area contributed by atoms with Gasteiger partial charge >= 0.3 is 6.18 Å². The summed E-state index contributed by atoms with van der Waals surface area (Å²) in [5, 5.41) is 7.33. The number of benzene rings is 2. The van der Waals surface area contributed by atoms with Gasteiger partial charge in [0.15, 0.2) is 0 Å². The molecular formula is C17H13F3N4O2. The van der Waals surface area contributed by atoms with Gasteiger partial charge in [0.1, 0.15) is 12.4 Å². The number of hydrogen-bond donors (Lipinski definition) is 2. The van der Waals surface area contributed by atoms with Crippen molar-refractivity contribution in [1.82, 2.24) is 15.2 Å². The van der Waals surface area contributed by atoms with Crippen molar-refractivity contribution < 1.29 is 22.7 Å². The predicted molar refractivity (Wildman–Crippen MR) is 86.6 cm³/mol. The zero-order valence-corrected chi connectivity index (χ0v) is 13.2. The number of halogens is 3. The molecule has 2 N–H and O–H groups in total. The molecule has 1 heterocycles. The van der Waals surface area contributed by atoms with Crippen LogP contribution in [0.2, 0.25) is 0 Å². The van der Waals surface area contributed by atoms with Crippen LogP contribution in [0.3, 0.4) is 0 Å². The maximum absolute atomic E-state index is 12.5. The van der Waals surface area contributed by atoms with E-state index in [1.807, 2.05) is 18.2 Å². The third-order valence-corrected chi connectivity index (χ3v) is 3.38. The van der Waals surface area contributed by atoms with Gasteiger partial charge in [0.25, 0.3) is 5.91 Å². The first kappa shape index (κ1) is 17.5. The molecule has 134 valence electrons. The van der Waals surface area contributed by atoms with E-state index in [1.165, 1.54) is 6.07 Å². The van der Waals surface area contributed by atoms with Crippen molar-refractivity contribution in [3.8, 4) is 5.75 Å². The van der Waals surface area contributed by atoms with Gasteiger partial charge in [-0.15, -0.1) is 5.10 Å². The molecule has 6 nitrogen and oxygen atoms in total. The normalized spacial score (nSPS) is 11.2. The number of nitrogens with zero attached hydrogens (tertiary/aromatic N) is 2. The van der Waals surface area contributed by atoms with Crippen LogP contribution in [-0.4, -0.2) is 21.1 Å².